The van der Waals surface area contributed by atoms with Crippen molar-refractivity contribution in [1.82, 2.24) is 4.72 Å². The van der Waals surface area contributed by atoms with Gasteiger partial charge in [-0.05, 0) is 32.3 Å². The number of hydrogen-bond donors (Lipinski definition) is 1. The van der Waals surface area contributed by atoms with Crippen LogP contribution in [0.3, 0.4) is 0 Å². The van der Waals surface area contributed by atoms with E-state index >= 15 is 0 Å². The number of benzene rings is 1. The van der Waals surface area contributed by atoms with Crippen molar-refractivity contribution in [2.75, 3.05) is 0 Å². The molecule has 0 aliphatic rings. The molecule has 0 saturated heterocycles. The molecule has 1 aromatic rings. The van der Waals surface area contributed by atoms with Crippen LogP contribution < -0.4 is 4.72 Å². The molecule has 1 aromatic carbocycles. The summed E-state index contributed by atoms with van der Waals surface area (Å²) in [5.74, 6) is 0. The van der Waals surface area contributed by atoms with Gasteiger partial charge >= 0.3 is 0 Å². The minimum Gasteiger partial charge on any atom is -0.229 e. The van der Waals surface area contributed by atoms with Crippen molar-refractivity contribution in [3.63, 3.8) is 0 Å². The first-order valence-electron chi connectivity index (χ1n) is 5.61. The maximum Gasteiger partial charge on any atom is 0.243 e. The van der Waals surface area contributed by atoms with Crippen molar-refractivity contribution < 1.29 is 12.8 Å². The minimum atomic E-state index is -3.82. The molecule has 17 heavy (non-hydrogen) atoms. The van der Waals surface area contributed by atoms with Crippen molar-refractivity contribution in [2.45, 2.75) is 38.2 Å². The molecule has 1 N–H and O–H groups in total. The molecule has 5 heteroatoms. The standard InChI is InChI=1S/C12H18FNO2S/c1-10(14-17(15,16)11(2)13)8-9-12-6-4-3-5-7-12/h3-7,10-11,14H,8-9H2,1-2H3. The van der Waals surface area contributed by atoms with Gasteiger partial charge in [0.25, 0.3) is 0 Å². The largest absolute Gasteiger partial charge is 0.243 e. The average Bonchev–Trinajstić information content (AvgIpc) is 2.27. The molecule has 0 aromatic heterocycles. The molecule has 1 rings (SSSR count). The van der Waals surface area contributed by atoms with E-state index in [1.54, 1.807) is 6.92 Å². The molecule has 0 radical (unpaired) electrons. The van der Waals surface area contributed by atoms with Crippen molar-refractivity contribution in [3.05, 3.63) is 35.9 Å². The first-order chi connectivity index (χ1) is 7.92. The summed E-state index contributed by atoms with van der Waals surface area (Å²) >= 11 is 0. The third kappa shape index (κ3) is 4.83. The average molecular weight is 259 g/mol. The second kappa shape index (κ2) is 6.12. The highest BCUT2D eigenvalue weighted by atomic mass is 32.2. The number of aryl methyl sites for hydroxylation is 1. The van der Waals surface area contributed by atoms with Gasteiger partial charge in [-0.25, -0.2) is 17.5 Å². The highest BCUT2D eigenvalue weighted by Gasteiger charge is 2.21. The van der Waals surface area contributed by atoms with Gasteiger partial charge in [-0.15, -0.1) is 0 Å². The molecule has 0 amide bonds. The number of sulfonamides is 1. The molecule has 0 saturated carbocycles. The van der Waals surface area contributed by atoms with Gasteiger partial charge in [-0.3, -0.25) is 0 Å². The highest BCUT2D eigenvalue weighted by molar-refractivity contribution is 7.89. The van der Waals surface area contributed by atoms with Crippen molar-refractivity contribution >= 4 is 10.0 Å². The van der Waals surface area contributed by atoms with E-state index in [0.29, 0.717) is 6.42 Å². The third-order valence-electron chi connectivity index (χ3n) is 2.50. The monoisotopic (exact) mass is 259 g/mol. The topological polar surface area (TPSA) is 46.2 Å². The molecule has 3 nitrogen and oxygen atoms in total. The van der Waals surface area contributed by atoms with Crippen LogP contribution in [0.2, 0.25) is 0 Å². The van der Waals surface area contributed by atoms with Gasteiger partial charge in [0.2, 0.25) is 15.5 Å². The van der Waals surface area contributed by atoms with Crippen LogP contribution in [0.25, 0.3) is 0 Å². The van der Waals surface area contributed by atoms with Crippen LogP contribution in [0.4, 0.5) is 4.39 Å². The third-order valence-corrected chi connectivity index (χ3v) is 4.09. The van der Waals surface area contributed by atoms with E-state index in [2.05, 4.69) is 4.72 Å². The fourth-order valence-corrected chi connectivity index (χ4v) is 2.33. The zero-order chi connectivity index (χ0) is 12.9. The molecule has 2 atom stereocenters. The second-order valence-corrected chi connectivity index (χ2v) is 6.11. The fraction of sp³-hybridized carbons (Fsp3) is 0.500. The summed E-state index contributed by atoms with van der Waals surface area (Å²) in [6.07, 6.45) is 1.42. The van der Waals surface area contributed by atoms with Crippen LogP contribution in [-0.4, -0.2) is 20.0 Å². The number of alkyl halides is 1. The Bertz CT molecular complexity index is 431. The Morgan fingerprint density at radius 1 is 1.24 bits per heavy atom. The van der Waals surface area contributed by atoms with Gasteiger partial charge in [0, 0.05) is 6.04 Å². The lowest BCUT2D eigenvalue weighted by atomic mass is 10.1. The zero-order valence-corrected chi connectivity index (χ0v) is 10.9. The number of rotatable bonds is 6. The molecule has 0 aliphatic carbocycles. The molecule has 0 aliphatic heterocycles. The van der Waals surface area contributed by atoms with E-state index in [4.69, 9.17) is 0 Å². The van der Waals surface area contributed by atoms with Crippen molar-refractivity contribution in [3.8, 4) is 0 Å². The van der Waals surface area contributed by atoms with Crippen LogP contribution in [0.5, 0.6) is 0 Å². The van der Waals surface area contributed by atoms with Crippen molar-refractivity contribution in [1.29, 1.82) is 0 Å². The molecule has 0 spiro atoms. The van der Waals surface area contributed by atoms with Gasteiger partial charge in [-0.2, -0.15) is 0 Å². The van der Waals surface area contributed by atoms with Gasteiger partial charge in [-0.1, -0.05) is 30.3 Å². The lowest BCUT2D eigenvalue weighted by molar-refractivity contribution is 0.430. The minimum absolute atomic E-state index is 0.265. The SMILES string of the molecule is CC(CCc1ccccc1)NS(=O)(=O)C(C)F. The summed E-state index contributed by atoms with van der Waals surface area (Å²) in [6.45, 7) is 2.76. The Balaban J connectivity index is 2.44. The van der Waals surface area contributed by atoms with Crippen LogP contribution >= 0.6 is 0 Å². The number of nitrogens with one attached hydrogen (secondary N) is 1. The smallest absolute Gasteiger partial charge is 0.229 e. The molecule has 2 unspecified atom stereocenters. The van der Waals surface area contributed by atoms with E-state index < -0.39 is 15.5 Å². The maximum absolute atomic E-state index is 12.8. The number of halogens is 1. The lowest BCUT2D eigenvalue weighted by Crippen LogP contribution is -2.37. The fourth-order valence-electron chi connectivity index (χ4n) is 1.46. The predicted octanol–water partition coefficient (Wildman–Crippen LogP) is 2.24. The van der Waals surface area contributed by atoms with Crippen LogP contribution in [-0.2, 0) is 16.4 Å². The Hall–Kier alpha value is -0.940. The molecular formula is C12H18FNO2S. The predicted molar refractivity (Wildman–Crippen MR) is 66.9 cm³/mol. The van der Waals surface area contributed by atoms with Crippen LogP contribution in [0.15, 0.2) is 30.3 Å². The summed E-state index contributed by atoms with van der Waals surface area (Å²) in [7, 11) is -3.82. The van der Waals surface area contributed by atoms with Gasteiger partial charge < -0.3 is 0 Å². The van der Waals surface area contributed by atoms with E-state index in [9.17, 15) is 12.8 Å². The van der Waals surface area contributed by atoms with Crippen LogP contribution in [0.1, 0.15) is 25.8 Å². The van der Waals surface area contributed by atoms with Gasteiger partial charge in [0.1, 0.15) is 0 Å². The van der Waals surface area contributed by atoms with Crippen LogP contribution in [0, 0.1) is 0 Å². The number of hydrogen-bond acceptors (Lipinski definition) is 2. The van der Waals surface area contributed by atoms with Gasteiger partial charge in [0.05, 0.1) is 0 Å². The molecular weight excluding hydrogens is 241 g/mol. The normalized spacial score (nSPS) is 15.5. The second-order valence-electron chi connectivity index (χ2n) is 4.13. The van der Waals surface area contributed by atoms with Gasteiger partial charge in [0.15, 0.2) is 0 Å². The van der Waals surface area contributed by atoms with Crippen molar-refractivity contribution in [2.24, 2.45) is 0 Å². The van der Waals surface area contributed by atoms with E-state index in [1.807, 2.05) is 30.3 Å². The first-order valence-corrected chi connectivity index (χ1v) is 7.15. The molecule has 0 heterocycles. The van der Waals surface area contributed by atoms with E-state index in [-0.39, 0.29) is 6.04 Å². The summed E-state index contributed by atoms with van der Waals surface area (Å²) in [6, 6.07) is 9.51. The Kier molecular flexibility index (Phi) is 5.08. The lowest BCUT2D eigenvalue weighted by Gasteiger charge is -2.14. The Morgan fingerprint density at radius 2 is 1.82 bits per heavy atom. The summed E-state index contributed by atoms with van der Waals surface area (Å²) < 4.78 is 37.6. The highest BCUT2D eigenvalue weighted by Crippen LogP contribution is 2.07. The summed E-state index contributed by atoms with van der Waals surface area (Å²) in [5.41, 5.74) is -0.728. The van der Waals surface area contributed by atoms with E-state index in [0.717, 1.165) is 18.9 Å². The molecule has 96 valence electrons. The zero-order valence-electron chi connectivity index (χ0n) is 10.1. The summed E-state index contributed by atoms with van der Waals surface area (Å²) in [5, 5.41) is 0. The molecule has 0 bridgehead atoms. The maximum atomic E-state index is 12.8. The Morgan fingerprint density at radius 3 is 2.35 bits per heavy atom. The quantitative estimate of drug-likeness (QED) is 0.851. The first kappa shape index (κ1) is 14.1. The Labute approximate surface area is 102 Å². The van der Waals surface area contributed by atoms with E-state index in [1.165, 1.54) is 0 Å². The molecule has 0 fully saturated rings. The summed E-state index contributed by atoms with van der Waals surface area (Å²) in [4.78, 5) is 0.